The highest BCUT2D eigenvalue weighted by Gasteiger charge is 2.43. The third kappa shape index (κ3) is 3.82. The molecule has 1 unspecified atom stereocenters. The number of benzene rings is 2. The highest BCUT2D eigenvalue weighted by Crippen LogP contribution is 2.46. The first-order chi connectivity index (χ1) is 13.0. The molecule has 0 aliphatic carbocycles. The van der Waals surface area contributed by atoms with Crippen LogP contribution in [0.15, 0.2) is 65.2 Å². The van der Waals surface area contributed by atoms with Crippen molar-refractivity contribution in [3.8, 4) is 0 Å². The predicted octanol–water partition coefficient (Wildman–Crippen LogP) is 4.62. The van der Waals surface area contributed by atoms with Crippen LogP contribution in [0.5, 0.6) is 0 Å². The summed E-state index contributed by atoms with van der Waals surface area (Å²) in [5.74, 6) is -0.301. The molecule has 148 valence electrons. The number of hydrogen-bond donors (Lipinski definition) is 0. The SMILES string of the molecule is CC(=O)/C=C1\CC(c2ccc(C(F)(F)F)cc2)N1S(=O)(=O)c1ccc(C)cc1. The molecule has 3 rings (SSSR count). The van der Waals surface area contributed by atoms with Gasteiger partial charge >= 0.3 is 6.18 Å². The van der Waals surface area contributed by atoms with E-state index in [-0.39, 0.29) is 17.1 Å². The maximum atomic E-state index is 13.1. The van der Waals surface area contributed by atoms with E-state index in [1.807, 2.05) is 6.92 Å². The monoisotopic (exact) mass is 409 g/mol. The van der Waals surface area contributed by atoms with Crippen molar-refractivity contribution in [3.05, 3.63) is 77.0 Å². The molecule has 4 nitrogen and oxygen atoms in total. The molecule has 0 amide bonds. The fourth-order valence-corrected chi connectivity index (χ4v) is 4.78. The van der Waals surface area contributed by atoms with Crippen LogP contribution >= 0.6 is 0 Å². The molecule has 28 heavy (non-hydrogen) atoms. The zero-order chi connectivity index (χ0) is 20.7. The molecular formula is C20H18F3NO3S. The molecule has 1 aliphatic heterocycles. The van der Waals surface area contributed by atoms with Crippen LogP contribution in [0, 0.1) is 6.92 Å². The lowest BCUT2D eigenvalue weighted by molar-refractivity contribution is -0.137. The molecule has 2 aromatic rings. The van der Waals surface area contributed by atoms with E-state index in [1.165, 1.54) is 37.3 Å². The third-order valence-electron chi connectivity index (χ3n) is 4.54. The van der Waals surface area contributed by atoms with Crippen molar-refractivity contribution in [2.45, 2.75) is 37.4 Å². The Labute approximate surface area is 161 Å². The quantitative estimate of drug-likeness (QED) is 0.693. The van der Waals surface area contributed by atoms with Gasteiger partial charge in [0.1, 0.15) is 0 Å². The molecule has 2 aromatic carbocycles. The van der Waals surface area contributed by atoms with Crippen molar-refractivity contribution in [2.24, 2.45) is 0 Å². The highest BCUT2D eigenvalue weighted by atomic mass is 32.2. The summed E-state index contributed by atoms with van der Waals surface area (Å²) in [6, 6.07) is 10.0. The number of alkyl halides is 3. The van der Waals surface area contributed by atoms with E-state index in [2.05, 4.69) is 0 Å². The standard InChI is InChI=1S/C20H18F3NO3S/c1-13-3-9-18(10-4-13)28(26,27)24-17(11-14(2)25)12-19(24)15-5-7-16(8-6-15)20(21,22)23/h3-11,19H,12H2,1-2H3/b17-11+. The van der Waals surface area contributed by atoms with Gasteiger partial charge in [-0.05, 0) is 43.7 Å². The average Bonchev–Trinajstić information content (AvgIpc) is 2.57. The zero-order valence-corrected chi connectivity index (χ0v) is 16.0. The number of halogens is 3. The maximum Gasteiger partial charge on any atom is 0.416 e. The van der Waals surface area contributed by atoms with E-state index in [0.717, 1.165) is 22.0 Å². The van der Waals surface area contributed by atoms with Gasteiger partial charge in [-0.3, -0.25) is 9.10 Å². The van der Waals surface area contributed by atoms with Gasteiger partial charge in [-0.1, -0.05) is 29.8 Å². The third-order valence-corrected chi connectivity index (χ3v) is 6.41. The van der Waals surface area contributed by atoms with Gasteiger partial charge in [0.15, 0.2) is 5.78 Å². The second-order valence-electron chi connectivity index (χ2n) is 6.70. The van der Waals surface area contributed by atoms with Crippen LogP contribution in [-0.2, 0) is 21.0 Å². The first-order valence-electron chi connectivity index (χ1n) is 8.49. The summed E-state index contributed by atoms with van der Waals surface area (Å²) in [7, 11) is -3.96. The average molecular weight is 409 g/mol. The Kier molecular flexibility index (Phi) is 5.10. The largest absolute Gasteiger partial charge is 0.416 e. The highest BCUT2D eigenvalue weighted by molar-refractivity contribution is 7.89. The van der Waals surface area contributed by atoms with Crippen LogP contribution in [0.4, 0.5) is 13.2 Å². The fraction of sp³-hybridized carbons (Fsp3) is 0.250. The normalized spacial score (nSPS) is 18.8. The molecule has 0 radical (unpaired) electrons. The van der Waals surface area contributed by atoms with Crippen LogP contribution in [0.25, 0.3) is 0 Å². The van der Waals surface area contributed by atoms with Crippen molar-refractivity contribution < 1.29 is 26.4 Å². The Balaban J connectivity index is 2.00. The molecule has 0 bridgehead atoms. The van der Waals surface area contributed by atoms with E-state index in [1.54, 1.807) is 12.1 Å². The number of aryl methyl sites for hydroxylation is 1. The molecule has 1 heterocycles. The smallest absolute Gasteiger partial charge is 0.295 e. The Morgan fingerprint density at radius 1 is 1.07 bits per heavy atom. The van der Waals surface area contributed by atoms with Gasteiger partial charge in [-0.2, -0.15) is 13.2 Å². The Morgan fingerprint density at radius 2 is 1.64 bits per heavy atom. The summed E-state index contributed by atoms with van der Waals surface area (Å²) in [6.07, 6.45) is -2.98. The summed E-state index contributed by atoms with van der Waals surface area (Å²) in [6.45, 7) is 3.14. The topological polar surface area (TPSA) is 54.5 Å². The number of hydrogen-bond acceptors (Lipinski definition) is 3. The number of allylic oxidation sites excluding steroid dienone is 1. The second-order valence-corrected chi connectivity index (χ2v) is 8.51. The van der Waals surface area contributed by atoms with Gasteiger partial charge in [0, 0.05) is 18.2 Å². The molecule has 1 fully saturated rings. The van der Waals surface area contributed by atoms with E-state index in [0.29, 0.717) is 11.3 Å². The minimum atomic E-state index is -4.47. The minimum absolute atomic E-state index is 0.0594. The van der Waals surface area contributed by atoms with E-state index in [4.69, 9.17) is 0 Å². The summed E-state index contributed by atoms with van der Waals surface area (Å²) in [5.41, 5.74) is 0.840. The summed E-state index contributed by atoms with van der Waals surface area (Å²) in [5, 5.41) is 0. The van der Waals surface area contributed by atoms with Gasteiger partial charge in [0.25, 0.3) is 10.0 Å². The molecule has 1 atom stereocenters. The van der Waals surface area contributed by atoms with Gasteiger partial charge in [0.2, 0.25) is 0 Å². The molecule has 1 saturated heterocycles. The first kappa shape index (κ1) is 20.1. The van der Waals surface area contributed by atoms with E-state index >= 15 is 0 Å². The molecule has 8 heteroatoms. The number of sulfonamides is 1. The summed E-state index contributed by atoms with van der Waals surface area (Å²) in [4.78, 5) is 11.5. The van der Waals surface area contributed by atoms with Crippen molar-refractivity contribution >= 4 is 15.8 Å². The van der Waals surface area contributed by atoms with Gasteiger partial charge in [-0.25, -0.2) is 8.42 Å². The zero-order valence-electron chi connectivity index (χ0n) is 15.2. The lowest BCUT2D eigenvalue weighted by Crippen LogP contribution is -2.43. The molecular weight excluding hydrogens is 391 g/mol. The lowest BCUT2D eigenvalue weighted by Gasteiger charge is -2.44. The Bertz CT molecular complexity index is 1020. The number of carbonyl (C=O) groups excluding carboxylic acids is 1. The van der Waals surface area contributed by atoms with Crippen molar-refractivity contribution in [2.75, 3.05) is 0 Å². The summed E-state index contributed by atoms with van der Waals surface area (Å²) < 4.78 is 65.7. The maximum absolute atomic E-state index is 13.1. The van der Waals surface area contributed by atoms with E-state index in [9.17, 15) is 26.4 Å². The van der Waals surface area contributed by atoms with Crippen LogP contribution in [0.2, 0.25) is 0 Å². The minimum Gasteiger partial charge on any atom is -0.295 e. The van der Waals surface area contributed by atoms with Crippen LogP contribution in [0.3, 0.4) is 0 Å². The molecule has 0 aromatic heterocycles. The molecule has 0 saturated carbocycles. The number of carbonyl (C=O) groups is 1. The summed E-state index contributed by atoms with van der Waals surface area (Å²) >= 11 is 0. The number of ketones is 1. The lowest BCUT2D eigenvalue weighted by atomic mass is 9.93. The van der Waals surface area contributed by atoms with Crippen LogP contribution in [-0.4, -0.2) is 18.5 Å². The molecule has 0 spiro atoms. The molecule has 1 aliphatic rings. The van der Waals surface area contributed by atoms with Gasteiger partial charge < -0.3 is 0 Å². The fourth-order valence-electron chi connectivity index (χ4n) is 3.11. The van der Waals surface area contributed by atoms with Crippen molar-refractivity contribution in [1.29, 1.82) is 0 Å². The second kappa shape index (κ2) is 7.09. The predicted molar refractivity (Wildman–Crippen MR) is 97.8 cm³/mol. The van der Waals surface area contributed by atoms with E-state index < -0.39 is 27.8 Å². The number of nitrogens with zero attached hydrogens (tertiary/aromatic N) is 1. The van der Waals surface area contributed by atoms with Gasteiger partial charge in [0.05, 0.1) is 16.5 Å². The van der Waals surface area contributed by atoms with Crippen LogP contribution < -0.4 is 0 Å². The molecule has 0 N–H and O–H groups in total. The number of rotatable bonds is 4. The van der Waals surface area contributed by atoms with Gasteiger partial charge in [-0.15, -0.1) is 0 Å². The Morgan fingerprint density at radius 3 is 2.14 bits per heavy atom. The van der Waals surface area contributed by atoms with Crippen LogP contribution in [0.1, 0.15) is 36.1 Å². The van der Waals surface area contributed by atoms with Crippen molar-refractivity contribution in [3.63, 3.8) is 0 Å². The first-order valence-corrected chi connectivity index (χ1v) is 9.93. The van der Waals surface area contributed by atoms with Crippen molar-refractivity contribution in [1.82, 2.24) is 4.31 Å². The Hall–Kier alpha value is -2.61.